The highest BCUT2D eigenvalue weighted by Gasteiger charge is 2.21. The van der Waals surface area contributed by atoms with Crippen molar-refractivity contribution in [3.05, 3.63) is 30.1 Å². The fraction of sp³-hybridized carbons (Fsp3) is 0.615. The average molecular weight is 237 g/mol. The van der Waals surface area contributed by atoms with E-state index in [4.69, 9.17) is 10.5 Å². The van der Waals surface area contributed by atoms with Gasteiger partial charge in [0.1, 0.15) is 0 Å². The third-order valence-corrected chi connectivity index (χ3v) is 2.91. The lowest BCUT2D eigenvalue weighted by molar-refractivity contribution is 0.0978. The molecule has 0 fully saturated rings. The molecule has 1 unspecified atom stereocenters. The predicted octanol–water partition coefficient (Wildman–Crippen LogP) is 1.44. The summed E-state index contributed by atoms with van der Waals surface area (Å²) in [5.74, 6) is 0. The fourth-order valence-electron chi connectivity index (χ4n) is 2.01. The number of ether oxygens (including phenoxy) is 1. The summed E-state index contributed by atoms with van der Waals surface area (Å²) in [6.07, 6.45) is 3.67. The minimum atomic E-state index is 0.207. The Bertz CT molecular complexity index is 303. The van der Waals surface area contributed by atoms with E-state index in [2.05, 4.69) is 29.8 Å². The molecule has 0 bridgehead atoms. The lowest BCUT2D eigenvalue weighted by atomic mass is 10.1. The number of rotatable bonds is 7. The number of pyridine rings is 1. The Morgan fingerprint density at radius 3 is 2.71 bits per heavy atom. The van der Waals surface area contributed by atoms with Gasteiger partial charge in [0.2, 0.25) is 0 Å². The van der Waals surface area contributed by atoms with E-state index in [1.54, 1.807) is 13.3 Å². The second-order valence-corrected chi connectivity index (χ2v) is 4.36. The van der Waals surface area contributed by atoms with E-state index in [0.717, 1.165) is 13.2 Å². The zero-order valence-corrected chi connectivity index (χ0v) is 11.0. The van der Waals surface area contributed by atoms with Gasteiger partial charge in [-0.2, -0.15) is 0 Å². The Hall–Kier alpha value is -0.970. The summed E-state index contributed by atoms with van der Waals surface area (Å²) < 4.78 is 5.15. The topological polar surface area (TPSA) is 51.4 Å². The zero-order chi connectivity index (χ0) is 12.7. The van der Waals surface area contributed by atoms with E-state index in [-0.39, 0.29) is 6.04 Å². The minimum Gasteiger partial charge on any atom is -0.383 e. The molecule has 4 nitrogen and oxygen atoms in total. The molecule has 1 aromatic heterocycles. The fourth-order valence-corrected chi connectivity index (χ4v) is 2.01. The van der Waals surface area contributed by atoms with E-state index >= 15 is 0 Å². The van der Waals surface area contributed by atoms with E-state index < -0.39 is 0 Å². The normalized spacial score (nSPS) is 13.3. The van der Waals surface area contributed by atoms with Crippen LogP contribution in [0.2, 0.25) is 0 Å². The molecule has 0 spiro atoms. The Kier molecular flexibility index (Phi) is 6.11. The van der Waals surface area contributed by atoms with Gasteiger partial charge in [-0.05, 0) is 25.5 Å². The molecule has 0 aromatic carbocycles. The second-order valence-electron chi connectivity index (χ2n) is 4.36. The van der Waals surface area contributed by atoms with E-state index in [0.29, 0.717) is 12.6 Å². The van der Waals surface area contributed by atoms with Crippen LogP contribution in [0.3, 0.4) is 0 Å². The first-order valence-corrected chi connectivity index (χ1v) is 6.05. The van der Waals surface area contributed by atoms with E-state index in [9.17, 15) is 0 Å². The molecule has 2 N–H and O–H groups in total. The monoisotopic (exact) mass is 237 g/mol. The maximum atomic E-state index is 5.90. The maximum Gasteiger partial charge on any atom is 0.0590 e. The van der Waals surface area contributed by atoms with Crippen molar-refractivity contribution in [2.75, 3.05) is 26.8 Å². The van der Waals surface area contributed by atoms with Crippen molar-refractivity contribution in [1.82, 2.24) is 9.88 Å². The van der Waals surface area contributed by atoms with E-state index in [1.165, 1.54) is 5.56 Å². The van der Waals surface area contributed by atoms with Crippen LogP contribution in [0.5, 0.6) is 0 Å². The highest BCUT2D eigenvalue weighted by atomic mass is 16.5. The van der Waals surface area contributed by atoms with Crippen LogP contribution in [0.4, 0.5) is 0 Å². The van der Waals surface area contributed by atoms with Gasteiger partial charge in [-0.3, -0.25) is 9.88 Å². The molecule has 1 atom stereocenters. The van der Waals surface area contributed by atoms with Gasteiger partial charge in [-0.25, -0.2) is 0 Å². The standard InChI is InChI=1S/C13H23N3O/c1-11(2)16(7-8-17-3)13(9-14)12-5-4-6-15-10-12/h4-6,10-11,13H,7-9,14H2,1-3H3. The molecule has 0 aliphatic rings. The van der Waals surface area contributed by atoms with Gasteiger partial charge in [0.15, 0.2) is 0 Å². The van der Waals surface area contributed by atoms with Crippen LogP contribution in [-0.2, 0) is 4.74 Å². The summed E-state index contributed by atoms with van der Waals surface area (Å²) in [7, 11) is 1.72. The molecule has 0 aliphatic carbocycles. The van der Waals surface area contributed by atoms with Gasteiger partial charge in [-0.15, -0.1) is 0 Å². The minimum absolute atomic E-state index is 0.207. The second kappa shape index (κ2) is 7.37. The van der Waals surface area contributed by atoms with Crippen molar-refractivity contribution in [1.29, 1.82) is 0 Å². The third kappa shape index (κ3) is 4.07. The summed E-state index contributed by atoms with van der Waals surface area (Å²) in [6.45, 7) is 6.54. The Morgan fingerprint density at radius 2 is 2.24 bits per heavy atom. The smallest absolute Gasteiger partial charge is 0.0590 e. The molecule has 96 valence electrons. The van der Waals surface area contributed by atoms with Crippen molar-refractivity contribution >= 4 is 0 Å². The highest BCUT2D eigenvalue weighted by molar-refractivity contribution is 5.14. The van der Waals surface area contributed by atoms with Crippen LogP contribution in [0, 0.1) is 0 Å². The molecule has 1 aromatic rings. The van der Waals surface area contributed by atoms with Crippen molar-refractivity contribution in [2.45, 2.75) is 25.9 Å². The first-order valence-electron chi connectivity index (χ1n) is 6.05. The Balaban J connectivity index is 2.81. The first kappa shape index (κ1) is 14.1. The molecular weight excluding hydrogens is 214 g/mol. The zero-order valence-electron chi connectivity index (χ0n) is 11.0. The van der Waals surface area contributed by atoms with Crippen LogP contribution >= 0.6 is 0 Å². The summed E-state index contributed by atoms with van der Waals surface area (Å²) in [4.78, 5) is 6.51. The largest absolute Gasteiger partial charge is 0.383 e. The summed E-state index contributed by atoms with van der Waals surface area (Å²) in [6, 6.07) is 4.66. The molecular formula is C13H23N3O. The number of methoxy groups -OCH3 is 1. The van der Waals surface area contributed by atoms with Crippen molar-refractivity contribution in [3.63, 3.8) is 0 Å². The number of nitrogens with zero attached hydrogens (tertiary/aromatic N) is 2. The van der Waals surface area contributed by atoms with Crippen LogP contribution in [0.25, 0.3) is 0 Å². The van der Waals surface area contributed by atoms with Crippen LogP contribution in [0.1, 0.15) is 25.5 Å². The molecule has 17 heavy (non-hydrogen) atoms. The Morgan fingerprint density at radius 1 is 1.47 bits per heavy atom. The highest BCUT2D eigenvalue weighted by Crippen LogP contribution is 2.20. The number of nitrogens with two attached hydrogens (primary N) is 1. The van der Waals surface area contributed by atoms with Crippen LogP contribution in [-0.4, -0.2) is 42.7 Å². The Labute approximate surface area is 104 Å². The maximum absolute atomic E-state index is 5.90. The molecule has 0 aliphatic heterocycles. The molecule has 0 amide bonds. The van der Waals surface area contributed by atoms with Gasteiger partial charge in [-0.1, -0.05) is 6.07 Å². The lowest BCUT2D eigenvalue weighted by Crippen LogP contribution is -2.40. The molecule has 1 rings (SSSR count). The van der Waals surface area contributed by atoms with E-state index in [1.807, 2.05) is 12.3 Å². The molecule has 4 heteroatoms. The molecule has 0 saturated carbocycles. The summed E-state index contributed by atoms with van der Waals surface area (Å²) >= 11 is 0. The van der Waals surface area contributed by atoms with Gasteiger partial charge >= 0.3 is 0 Å². The van der Waals surface area contributed by atoms with Crippen LogP contribution in [0.15, 0.2) is 24.5 Å². The molecule has 0 saturated heterocycles. The first-order chi connectivity index (χ1) is 8.20. The third-order valence-electron chi connectivity index (χ3n) is 2.91. The van der Waals surface area contributed by atoms with Crippen molar-refractivity contribution in [2.24, 2.45) is 5.73 Å². The number of aromatic nitrogens is 1. The van der Waals surface area contributed by atoms with Gasteiger partial charge in [0, 0.05) is 44.7 Å². The number of hydrogen-bond acceptors (Lipinski definition) is 4. The lowest BCUT2D eigenvalue weighted by Gasteiger charge is -2.34. The summed E-state index contributed by atoms with van der Waals surface area (Å²) in [5.41, 5.74) is 7.07. The SMILES string of the molecule is COCCN(C(C)C)C(CN)c1cccnc1. The molecule has 0 radical (unpaired) electrons. The van der Waals surface area contributed by atoms with Crippen LogP contribution < -0.4 is 5.73 Å². The number of hydrogen-bond donors (Lipinski definition) is 1. The average Bonchev–Trinajstić information content (AvgIpc) is 2.35. The van der Waals surface area contributed by atoms with Crippen molar-refractivity contribution < 1.29 is 4.74 Å². The summed E-state index contributed by atoms with van der Waals surface area (Å²) in [5, 5.41) is 0. The predicted molar refractivity (Wildman–Crippen MR) is 69.8 cm³/mol. The van der Waals surface area contributed by atoms with Gasteiger partial charge < -0.3 is 10.5 Å². The van der Waals surface area contributed by atoms with Crippen molar-refractivity contribution in [3.8, 4) is 0 Å². The van der Waals surface area contributed by atoms with Gasteiger partial charge in [0.05, 0.1) is 6.61 Å². The quantitative estimate of drug-likeness (QED) is 0.779. The molecule has 1 heterocycles. The van der Waals surface area contributed by atoms with Gasteiger partial charge in [0.25, 0.3) is 0 Å².